The second kappa shape index (κ2) is 7.41. The number of aromatic nitrogens is 1. The molecule has 0 bridgehead atoms. The van der Waals surface area contributed by atoms with Crippen molar-refractivity contribution >= 4 is 16.5 Å². The molecule has 114 valence electrons. The van der Waals surface area contributed by atoms with Gasteiger partial charge in [0.2, 0.25) is 0 Å². The quantitative estimate of drug-likeness (QED) is 0.824. The van der Waals surface area contributed by atoms with E-state index in [4.69, 9.17) is 4.98 Å². The molecule has 1 aliphatic rings. The number of nitrogens with zero attached hydrogens (tertiary/aromatic N) is 2. The van der Waals surface area contributed by atoms with Gasteiger partial charge in [-0.2, -0.15) is 0 Å². The van der Waals surface area contributed by atoms with Gasteiger partial charge in [-0.1, -0.05) is 27.2 Å². The van der Waals surface area contributed by atoms with Gasteiger partial charge in [-0.3, -0.25) is 0 Å². The Balaban J connectivity index is 2.16. The van der Waals surface area contributed by atoms with E-state index in [-0.39, 0.29) is 0 Å². The van der Waals surface area contributed by atoms with E-state index in [0.717, 1.165) is 25.6 Å². The van der Waals surface area contributed by atoms with Gasteiger partial charge in [-0.15, -0.1) is 11.3 Å². The first-order chi connectivity index (χ1) is 9.69. The maximum absolute atomic E-state index is 4.99. The molecule has 0 aromatic carbocycles. The largest absolute Gasteiger partial charge is 0.348 e. The highest BCUT2D eigenvalue weighted by Gasteiger charge is 2.25. The highest BCUT2D eigenvalue weighted by molar-refractivity contribution is 7.15. The molecule has 0 fully saturated rings. The minimum Gasteiger partial charge on any atom is -0.348 e. The highest BCUT2D eigenvalue weighted by atomic mass is 32.1. The molecule has 0 radical (unpaired) electrons. The molecule has 0 spiro atoms. The molecule has 1 N–H and O–H groups in total. The van der Waals surface area contributed by atoms with Crippen molar-refractivity contribution in [2.45, 2.75) is 59.4 Å². The van der Waals surface area contributed by atoms with Crippen molar-refractivity contribution in [1.29, 1.82) is 0 Å². The van der Waals surface area contributed by atoms with Crippen LogP contribution in [0.15, 0.2) is 0 Å². The molecule has 2 atom stereocenters. The molecular weight excluding hydrogens is 266 g/mol. The summed E-state index contributed by atoms with van der Waals surface area (Å²) in [5.74, 6) is 0.737. The minimum absolute atomic E-state index is 0.482. The Hall–Kier alpha value is -0.610. The first kappa shape index (κ1) is 15.8. The predicted molar refractivity (Wildman–Crippen MR) is 88.8 cm³/mol. The van der Waals surface area contributed by atoms with Crippen LogP contribution in [0.4, 0.5) is 5.13 Å². The van der Waals surface area contributed by atoms with Crippen molar-refractivity contribution in [3.8, 4) is 0 Å². The molecule has 0 saturated heterocycles. The summed E-state index contributed by atoms with van der Waals surface area (Å²) in [6.45, 7) is 12.2. The van der Waals surface area contributed by atoms with Gasteiger partial charge in [0.15, 0.2) is 5.13 Å². The summed E-state index contributed by atoms with van der Waals surface area (Å²) in [5, 5.41) is 4.83. The lowest BCUT2D eigenvalue weighted by Gasteiger charge is -2.23. The van der Waals surface area contributed by atoms with Gasteiger partial charge in [0.05, 0.1) is 11.7 Å². The van der Waals surface area contributed by atoms with Crippen LogP contribution in [0.3, 0.4) is 0 Å². The smallest absolute Gasteiger partial charge is 0.185 e. The maximum Gasteiger partial charge on any atom is 0.185 e. The molecule has 3 nitrogen and oxygen atoms in total. The van der Waals surface area contributed by atoms with Crippen LogP contribution in [0.1, 0.15) is 63.6 Å². The van der Waals surface area contributed by atoms with Gasteiger partial charge in [-0.25, -0.2) is 4.98 Å². The summed E-state index contributed by atoms with van der Waals surface area (Å²) in [5.41, 5.74) is 1.33. The van der Waals surface area contributed by atoms with Crippen molar-refractivity contribution in [3.63, 3.8) is 0 Å². The third-order valence-corrected chi connectivity index (χ3v) is 5.47. The molecule has 1 aliphatic carbocycles. The number of nitrogens with one attached hydrogen (secondary N) is 1. The molecule has 0 aliphatic heterocycles. The Labute approximate surface area is 127 Å². The van der Waals surface area contributed by atoms with Gasteiger partial charge in [-0.05, 0) is 38.6 Å². The second-order valence-electron chi connectivity index (χ2n) is 5.86. The lowest BCUT2D eigenvalue weighted by Crippen LogP contribution is -2.28. The predicted octanol–water partition coefficient (Wildman–Crippen LogP) is 4.00. The van der Waals surface area contributed by atoms with Crippen LogP contribution >= 0.6 is 11.3 Å². The number of aryl methyl sites for hydroxylation is 1. The van der Waals surface area contributed by atoms with E-state index < -0.39 is 0 Å². The summed E-state index contributed by atoms with van der Waals surface area (Å²) in [4.78, 5) is 8.96. The summed E-state index contributed by atoms with van der Waals surface area (Å²) in [6, 6.07) is 0.482. The number of hydrogen-bond acceptors (Lipinski definition) is 4. The molecule has 1 heterocycles. The highest BCUT2D eigenvalue weighted by Crippen LogP contribution is 2.36. The number of thiazole rings is 1. The SMILES string of the molecule is CCNC1CCCc2sc(N(CC)CC(C)CC)nc21. The molecule has 1 aromatic rings. The van der Waals surface area contributed by atoms with Crippen molar-refractivity contribution in [2.75, 3.05) is 24.5 Å². The maximum atomic E-state index is 4.99. The van der Waals surface area contributed by atoms with Gasteiger partial charge in [0, 0.05) is 18.0 Å². The third kappa shape index (κ3) is 3.53. The average molecular weight is 295 g/mol. The lowest BCUT2D eigenvalue weighted by atomic mass is 9.98. The molecule has 1 aromatic heterocycles. The van der Waals surface area contributed by atoms with Gasteiger partial charge < -0.3 is 10.2 Å². The van der Waals surface area contributed by atoms with Crippen LogP contribution in [0.2, 0.25) is 0 Å². The van der Waals surface area contributed by atoms with Crippen LogP contribution in [0.25, 0.3) is 0 Å². The van der Waals surface area contributed by atoms with Crippen molar-refractivity contribution in [3.05, 3.63) is 10.6 Å². The van der Waals surface area contributed by atoms with Crippen LogP contribution in [-0.4, -0.2) is 24.6 Å². The van der Waals surface area contributed by atoms with E-state index in [9.17, 15) is 0 Å². The monoisotopic (exact) mass is 295 g/mol. The number of anilines is 1. The van der Waals surface area contributed by atoms with Gasteiger partial charge in [0.25, 0.3) is 0 Å². The first-order valence-electron chi connectivity index (χ1n) is 8.17. The van der Waals surface area contributed by atoms with Gasteiger partial charge >= 0.3 is 0 Å². The van der Waals surface area contributed by atoms with Crippen molar-refractivity contribution in [2.24, 2.45) is 5.92 Å². The molecule has 0 saturated carbocycles. The molecular formula is C16H29N3S. The summed E-state index contributed by atoms with van der Waals surface area (Å²) in [7, 11) is 0. The normalized spacial score (nSPS) is 19.7. The van der Waals surface area contributed by atoms with E-state index in [0.29, 0.717) is 6.04 Å². The Bertz CT molecular complexity index is 416. The zero-order valence-electron chi connectivity index (χ0n) is 13.4. The standard InChI is InChI=1S/C16H29N3S/c1-5-12(4)11-19(7-3)16-18-15-13(17-6-2)9-8-10-14(15)20-16/h12-13,17H,5-11H2,1-4H3. The van der Waals surface area contributed by atoms with Crippen LogP contribution in [-0.2, 0) is 6.42 Å². The van der Waals surface area contributed by atoms with Crippen LogP contribution < -0.4 is 10.2 Å². The molecule has 4 heteroatoms. The number of fused-ring (bicyclic) bond motifs is 1. The zero-order valence-corrected chi connectivity index (χ0v) is 14.2. The summed E-state index contributed by atoms with van der Waals surface area (Å²) in [6.07, 6.45) is 4.99. The summed E-state index contributed by atoms with van der Waals surface area (Å²) >= 11 is 1.92. The van der Waals surface area contributed by atoms with E-state index in [1.165, 1.54) is 41.4 Å². The number of rotatable bonds is 7. The van der Waals surface area contributed by atoms with Crippen LogP contribution in [0, 0.1) is 5.92 Å². The third-order valence-electron chi connectivity index (χ3n) is 4.27. The Morgan fingerprint density at radius 1 is 1.40 bits per heavy atom. The fourth-order valence-corrected chi connectivity index (χ4v) is 4.07. The Morgan fingerprint density at radius 3 is 2.85 bits per heavy atom. The second-order valence-corrected chi connectivity index (χ2v) is 6.92. The van der Waals surface area contributed by atoms with E-state index >= 15 is 0 Å². The minimum atomic E-state index is 0.482. The Morgan fingerprint density at radius 2 is 2.20 bits per heavy atom. The van der Waals surface area contributed by atoms with E-state index in [2.05, 4.69) is 37.9 Å². The fourth-order valence-electron chi connectivity index (χ4n) is 2.83. The Kier molecular flexibility index (Phi) is 5.85. The summed E-state index contributed by atoms with van der Waals surface area (Å²) < 4.78 is 0. The fraction of sp³-hybridized carbons (Fsp3) is 0.812. The number of hydrogen-bond donors (Lipinski definition) is 1. The van der Waals surface area contributed by atoms with Crippen molar-refractivity contribution < 1.29 is 0 Å². The topological polar surface area (TPSA) is 28.2 Å². The molecule has 2 unspecified atom stereocenters. The van der Waals surface area contributed by atoms with Gasteiger partial charge in [0.1, 0.15) is 0 Å². The average Bonchev–Trinajstić information content (AvgIpc) is 2.89. The van der Waals surface area contributed by atoms with E-state index in [1.54, 1.807) is 0 Å². The molecule has 20 heavy (non-hydrogen) atoms. The first-order valence-corrected chi connectivity index (χ1v) is 8.99. The lowest BCUT2D eigenvalue weighted by molar-refractivity contribution is 0.465. The van der Waals surface area contributed by atoms with Crippen LogP contribution in [0.5, 0.6) is 0 Å². The van der Waals surface area contributed by atoms with E-state index in [1.807, 2.05) is 11.3 Å². The molecule has 2 rings (SSSR count). The molecule has 0 amide bonds. The zero-order chi connectivity index (χ0) is 14.5. The van der Waals surface area contributed by atoms with Crippen molar-refractivity contribution in [1.82, 2.24) is 10.3 Å².